The Kier molecular flexibility index (Phi) is 5.41. The Morgan fingerprint density at radius 3 is 2.06 bits per heavy atom. The summed E-state index contributed by atoms with van der Waals surface area (Å²) in [4.78, 5) is 0.159. The molecule has 3 nitrogen and oxygen atoms in total. The predicted molar refractivity (Wildman–Crippen MR) is 66.5 cm³/mol. The van der Waals surface area contributed by atoms with Gasteiger partial charge in [0.2, 0.25) is 0 Å². The van der Waals surface area contributed by atoms with Crippen molar-refractivity contribution >= 4 is 10.1 Å². The molecular formula is C13H13NaO3S. The average Bonchev–Trinajstić information content (AvgIpc) is 2.30. The molecule has 0 aliphatic carbocycles. The summed E-state index contributed by atoms with van der Waals surface area (Å²) in [6, 6.07) is 15.0. The van der Waals surface area contributed by atoms with E-state index in [4.69, 9.17) is 4.18 Å². The minimum Gasteiger partial charge on any atom is -1.00 e. The van der Waals surface area contributed by atoms with E-state index in [9.17, 15) is 8.42 Å². The van der Waals surface area contributed by atoms with Crippen LogP contribution in [-0.4, -0.2) is 8.42 Å². The second-order valence-corrected chi connectivity index (χ2v) is 5.21. The molecule has 0 aromatic heterocycles. The van der Waals surface area contributed by atoms with Gasteiger partial charge in [-0.25, -0.2) is 0 Å². The summed E-state index contributed by atoms with van der Waals surface area (Å²) in [6.07, 6.45) is 0. The number of benzene rings is 2. The van der Waals surface area contributed by atoms with Crippen molar-refractivity contribution in [1.29, 1.82) is 0 Å². The predicted octanol–water partition coefficient (Wildman–Crippen LogP) is -0.121. The Balaban J connectivity index is 0.00000162. The molecule has 2 aromatic rings. The van der Waals surface area contributed by atoms with Crippen molar-refractivity contribution in [1.82, 2.24) is 0 Å². The van der Waals surface area contributed by atoms with Crippen LogP contribution in [0.5, 0.6) is 5.75 Å². The van der Waals surface area contributed by atoms with Crippen molar-refractivity contribution in [2.45, 2.75) is 11.8 Å². The van der Waals surface area contributed by atoms with Crippen molar-refractivity contribution in [2.24, 2.45) is 0 Å². The minimum absolute atomic E-state index is 0. The Morgan fingerprint density at radius 1 is 0.944 bits per heavy atom. The van der Waals surface area contributed by atoms with Crippen molar-refractivity contribution in [3.05, 3.63) is 60.2 Å². The minimum atomic E-state index is -3.73. The van der Waals surface area contributed by atoms with E-state index in [1.807, 2.05) is 6.92 Å². The van der Waals surface area contributed by atoms with Crippen molar-refractivity contribution < 1.29 is 43.6 Å². The average molecular weight is 272 g/mol. The summed E-state index contributed by atoms with van der Waals surface area (Å²) < 4.78 is 28.8. The molecule has 0 saturated carbocycles. The molecular weight excluding hydrogens is 259 g/mol. The summed E-state index contributed by atoms with van der Waals surface area (Å²) in [5.41, 5.74) is 1.00. The number of hydrogen-bond acceptors (Lipinski definition) is 3. The quantitative estimate of drug-likeness (QED) is 0.578. The second kappa shape index (κ2) is 6.38. The first kappa shape index (κ1) is 15.2. The summed E-state index contributed by atoms with van der Waals surface area (Å²) in [7, 11) is -3.73. The number of para-hydroxylation sites is 1. The van der Waals surface area contributed by atoms with Gasteiger partial charge in [-0.15, -0.1) is 0 Å². The van der Waals surface area contributed by atoms with Crippen molar-refractivity contribution in [3.8, 4) is 5.75 Å². The molecule has 0 bridgehead atoms. The molecule has 0 amide bonds. The molecule has 18 heavy (non-hydrogen) atoms. The molecule has 0 atom stereocenters. The first-order chi connectivity index (χ1) is 8.08. The fourth-order valence-corrected chi connectivity index (χ4v) is 2.29. The molecule has 0 fully saturated rings. The van der Waals surface area contributed by atoms with Gasteiger partial charge in [-0.05, 0) is 31.2 Å². The van der Waals surface area contributed by atoms with Gasteiger partial charge >= 0.3 is 39.7 Å². The van der Waals surface area contributed by atoms with Gasteiger partial charge in [-0.2, -0.15) is 8.42 Å². The van der Waals surface area contributed by atoms with Crippen molar-refractivity contribution in [3.63, 3.8) is 0 Å². The molecule has 0 N–H and O–H groups in total. The fourth-order valence-electron chi connectivity index (χ4n) is 1.36. The summed E-state index contributed by atoms with van der Waals surface area (Å²) in [5.74, 6) is 0.313. The molecule has 2 aromatic carbocycles. The van der Waals surface area contributed by atoms with Gasteiger partial charge in [0, 0.05) is 0 Å². The Bertz CT molecular complexity index is 598. The van der Waals surface area contributed by atoms with Crippen LogP contribution in [0.1, 0.15) is 6.99 Å². The summed E-state index contributed by atoms with van der Waals surface area (Å²) in [6.45, 7) is 1.90. The Labute approximate surface area is 131 Å². The SMILES string of the molecule is Cc1ccc(S(=O)(=O)Oc2ccccc2)cc1.[H-].[Na+]. The van der Waals surface area contributed by atoms with E-state index in [1.54, 1.807) is 42.5 Å². The monoisotopic (exact) mass is 272 g/mol. The van der Waals surface area contributed by atoms with Crippen LogP contribution in [0.2, 0.25) is 0 Å². The van der Waals surface area contributed by atoms with Gasteiger partial charge in [0.1, 0.15) is 10.6 Å². The van der Waals surface area contributed by atoms with E-state index in [1.165, 1.54) is 12.1 Å². The van der Waals surface area contributed by atoms with Crippen LogP contribution in [0, 0.1) is 6.92 Å². The zero-order valence-corrected chi connectivity index (χ0v) is 13.1. The van der Waals surface area contributed by atoms with E-state index in [0.29, 0.717) is 5.75 Å². The van der Waals surface area contributed by atoms with Gasteiger partial charge in [0.15, 0.2) is 0 Å². The number of rotatable bonds is 3. The van der Waals surface area contributed by atoms with Crippen LogP contribution in [0.3, 0.4) is 0 Å². The summed E-state index contributed by atoms with van der Waals surface area (Å²) >= 11 is 0. The van der Waals surface area contributed by atoms with E-state index < -0.39 is 10.1 Å². The Hall–Kier alpha value is -0.810. The zero-order valence-electron chi connectivity index (χ0n) is 11.3. The third-order valence-corrected chi connectivity index (χ3v) is 3.52. The van der Waals surface area contributed by atoms with E-state index in [-0.39, 0.29) is 35.9 Å². The third-order valence-electron chi connectivity index (χ3n) is 2.26. The van der Waals surface area contributed by atoms with Gasteiger partial charge < -0.3 is 5.61 Å². The standard InChI is InChI=1S/C13H12O3S.Na.H/c1-11-7-9-13(10-8-11)17(14,15)16-12-5-3-2-4-6-12;;/h2-10H,1H3;;/q;+1;-1. The van der Waals surface area contributed by atoms with Gasteiger partial charge in [-0.3, -0.25) is 0 Å². The fraction of sp³-hybridized carbons (Fsp3) is 0.0769. The van der Waals surface area contributed by atoms with E-state index >= 15 is 0 Å². The largest absolute Gasteiger partial charge is 1.00 e. The molecule has 0 radical (unpaired) electrons. The maximum absolute atomic E-state index is 11.9. The molecule has 5 heteroatoms. The van der Waals surface area contributed by atoms with E-state index in [0.717, 1.165) is 5.56 Å². The topological polar surface area (TPSA) is 43.4 Å². The maximum Gasteiger partial charge on any atom is 1.00 e. The van der Waals surface area contributed by atoms with Crippen LogP contribution in [0.4, 0.5) is 0 Å². The van der Waals surface area contributed by atoms with Crippen molar-refractivity contribution in [2.75, 3.05) is 0 Å². The van der Waals surface area contributed by atoms with E-state index in [2.05, 4.69) is 0 Å². The van der Waals surface area contributed by atoms with Gasteiger partial charge in [-0.1, -0.05) is 35.9 Å². The summed E-state index contributed by atoms with van der Waals surface area (Å²) in [5, 5.41) is 0. The molecule has 0 unspecified atom stereocenters. The molecule has 0 heterocycles. The normalized spacial score (nSPS) is 10.5. The van der Waals surface area contributed by atoms with Crippen LogP contribution >= 0.6 is 0 Å². The first-order valence-electron chi connectivity index (χ1n) is 5.14. The maximum atomic E-state index is 11.9. The van der Waals surface area contributed by atoms with Crippen LogP contribution < -0.4 is 33.7 Å². The molecule has 0 aliphatic rings. The van der Waals surface area contributed by atoms with Crippen LogP contribution in [-0.2, 0) is 10.1 Å². The first-order valence-corrected chi connectivity index (χ1v) is 6.55. The Morgan fingerprint density at radius 2 is 1.50 bits per heavy atom. The van der Waals surface area contributed by atoms with Gasteiger partial charge in [0.05, 0.1) is 0 Å². The smallest absolute Gasteiger partial charge is 1.00 e. The van der Waals surface area contributed by atoms with Crippen LogP contribution in [0.25, 0.3) is 0 Å². The second-order valence-electron chi connectivity index (χ2n) is 3.66. The van der Waals surface area contributed by atoms with Gasteiger partial charge in [0.25, 0.3) is 0 Å². The zero-order chi connectivity index (χ0) is 12.3. The molecule has 0 saturated heterocycles. The third kappa shape index (κ3) is 3.85. The molecule has 90 valence electrons. The van der Waals surface area contributed by atoms with Crippen LogP contribution in [0.15, 0.2) is 59.5 Å². The molecule has 2 rings (SSSR count). The number of hydrogen-bond donors (Lipinski definition) is 0. The number of aryl methyl sites for hydroxylation is 1. The molecule has 0 aliphatic heterocycles. The molecule has 0 spiro atoms.